The van der Waals surface area contributed by atoms with Gasteiger partial charge in [0.2, 0.25) is 0 Å². The molecule has 4 rings (SSSR count). The number of nitrogens with zero attached hydrogens (tertiary/aromatic N) is 1. The molecule has 0 spiro atoms. The highest BCUT2D eigenvalue weighted by atomic mass is 35.5. The molecule has 1 N–H and O–H groups in total. The number of rotatable bonds is 6. The largest absolute Gasteiger partial charge is 0.503 e. The third-order valence-electron chi connectivity index (χ3n) is 5.77. The molecule has 36 heavy (non-hydrogen) atoms. The van der Waals surface area contributed by atoms with Gasteiger partial charge in [0.25, 0.3) is 5.91 Å². The lowest BCUT2D eigenvalue weighted by Gasteiger charge is -2.28. The van der Waals surface area contributed by atoms with Crippen LogP contribution < -0.4 is 14.4 Å². The summed E-state index contributed by atoms with van der Waals surface area (Å²) in [5, 5.41) is 10.9. The second-order valence-corrected chi connectivity index (χ2v) is 8.22. The summed E-state index contributed by atoms with van der Waals surface area (Å²) in [6, 6.07) is 13.3. The van der Waals surface area contributed by atoms with Gasteiger partial charge in [-0.05, 0) is 42.0 Å². The zero-order chi connectivity index (χ0) is 26.2. The van der Waals surface area contributed by atoms with Gasteiger partial charge < -0.3 is 14.6 Å². The van der Waals surface area contributed by atoms with Gasteiger partial charge in [0.15, 0.2) is 23.0 Å². The molecule has 10 heteroatoms. The number of aliphatic hydroxyl groups excluding tert-OH is 1. The van der Waals surface area contributed by atoms with Crippen LogP contribution in [-0.2, 0) is 11.0 Å². The molecule has 0 saturated heterocycles. The molecule has 1 heterocycles. The number of halogens is 4. The molecule has 6 nitrogen and oxygen atoms in total. The Morgan fingerprint density at radius 3 is 2.19 bits per heavy atom. The summed E-state index contributed by atoms with van der Waals surface area (Å²) >= 11 is 6.19. The Morgan fingerprint density at radius 2 is 1.61 bits per heavy atom. The van der Waals surface area contributed by atoms with Crippen LogP contribution in [0.25, 0.3) is 0 Å². The second-order valence-electron chi connectivity index (χ2n) is 7.81. The summed E-state index contributed by atoms with van der Waals surface area (Å²) in [6.07, 6.45) is -4.58. The number of benzene rings is 3. The summed E-state index contributed by atoms with van der Waals surface area (Å²) < 4.78 is 50.1. The summed E-state index contributed by atoms with van der Waals surface area (Å²) in [5.74, 6) is -1.86. The van der Waals surface area contributed by atoms with Crippen molar-refractivity contribution in [3.8, 4) is 11.5 Å². The van der Waals surface area contributed by atoms with Crippen molar-refractivity contribution in [1.29, 1.82) is 0 Å². The molecule has 0 saturated carbocycles. The van der Waals surface area contributed by atoms with Crippen molar-refractivity contribution in [3.63, 3.8) is 0 Å². The molecule has 1 unspecified atom stereocenters. The molecule has 3 aromatic carbocycles. The van der Waals surface area contributed by atoms with Crippen LogP contribution in [0.3, 0.4) is 0 Å². The lowest BCUT2D eigenvalue weighted by atomic mass is 9.92. The number of carbonyl (C=O) groups excluding carboxylic acids is 2. The predicted molar refractivity (Wildman–Crippen MR) is 127 cm³/mol. The topological polar surface area (TPSA) is 76.1 Å². The van der Waals surface area contributed by atoms with E-state index in [9.17, 15) is 27.9 Å². The number of hydrogen-bond donors (Lipinski definition) is 1. The first-order valence-corrected chi connectivity index (χ1v) is 10.9. The molecule has 0 bridgehead atoms. The standard InChI is InChI=1S/C26H19ClF3NO5/c1-35-19-12-11-16(13-20(19)36-2)31-22(14-7-9-15(10-8-14)26(28,29)30)21(24(33)25(31)34)23(32)17-5-3-4-6-18(17)27/h3-13,22,33H,1-2H3. The van der Waals surface area contributed by atoms with Crippen molar-refractivity contribution in [3.05, 3.63) is 99.8 Å². The van der Waals surface area contributed by atoms with Crippen molar-refractivity contribution in [1.82, 2.24) is 0 Å². The van der Waals surface area contributed by atoms with Gasteiger partial charge in [-0.15, -0.1) is 0 Å². The van der Waals surface area contributed by atoms with Crippen molar-refractivity contribution < 1.29 is 37.3 Å². The Hall–Kier alpha value is -3.98. The van der Waals surface area contributed by atoms with E-state index in [1.807, 2.05) is 0 Å². The maximum Gasteiger partial charge on any atom is 0.416 e. The first-order valence-electron chi connectivity index (χ1n) is 10.5. The van der Waals surface area contributed by atoms with Gasteiger partial charge in [0.05, 0.1) is 36.4 Å². The number of methoxy groups -OCH3 is 2. The lowest BCUT2D eigenvalue weighted by molar-refractivity contribution is -0.137. The first kappa shape index (κ1) is 25.1. The van der Waals surface area contributed by atoms with Crippen LogP contribution in [0.2, 0.25) is 5.02 Å². The Kier molecular flexibility index (Phi) is 6.69. The average Bonchev–Trinajstić information content (AvgIpc) is 3.13. The molecule has 1 atom stereocenters. The zero-order valence-electron chi connectivity index (χ0n) is 19.0. The van der Waals surface area contributed by atoms with Crippen LogP contribution in [-0.4, -0.2) is 31.0 Å². The van der Waals surface area contributed by atoms with Crippen molar-refractivity contribution in [2.75, 3.05) is 19.1 Å². The molecule has 0 aromatic heterocycles. The fourth-order valence-electron chi connectivity index (χ4n) is 4.04. The highest BCUT2D eigenvalue weighted by Gasteiger charge is 2.45. The Labute approximate surface area is 209 Å². The molecule has 1 aliphatic rings. The number of alkyl halides is 3. The zero-order valence-corrected chi connectivity index (χ0v) is 19.7. The van der Waals surface area contributed by atoms with E-state index in [0.29, 0.717) is 5.75 Å². The molecule has 3 aromatic rings. The maximum atomic E-state index is 13.5. The highest BCUT2D eigenvalue weighted by Crippen LogP contribution is 2.45. The summed E-state index contributed by atoms with van der Waals surface area (Å²) in [7, 11) is 2.82. The highest BCUT2D eigenvalue weighted by molar-refractivity contribution is 6.35. The molecule has 186 valence electrons. The number of Topliss-reactive ketones (excluding diaryl/α,β-unsaturated/α-hetero) is 1. The molecule has 0 fully saturated rings. The predicted octanol–water partition coefficient (Wildman–Crippen LogP) is 6.16. The van der Waals surface area contributed by atoms with Gasteiger partial charge >= 0.3 is 6.18 Å². The monoisotopic (exact) mass is 517 g/mol. The van der Waals surface area contributed by atoms with Crippen LogP contribution >= 0.6 is 11.6 Å². The van der Waals surface area contributed by atoms with Gasteiger partial charge in [-0.2, -0.15) is 13.2 Å². The van der Waals surface area contributed by atoms with Gasteiger partial charge in [-0.1, -0.05) is 35.9 Å². The molecule has 0 aliphatic carbocycles. The molecule has 1 aliphatic heterocycles. The quantitative estimate of drug-likeness (QED) is 0.396. The van der Waals surface area contributed by atoms with Crippen LogP contribution in [0.5, 0.6) is 11.5 Å². The Morgan fingerprint density at radius 1 is 0.972 bits per heavy atom. The van der Waals surface area contributed by atoms with E-state index in [1.165, 1.54) is 44.6 Å². The number of ketones is 1. The smallest absolute Gasteiger partial charge is 0.416 e. The Bertz CT molecular complexity index is 1370. The van der Waals surface area contributed by atoms with Crippen molar-refractivity contribution in [2.24, 2.45) is 0 Å². The van der Waals surface area contributed by atoms with E-state index < -0.39 is 35.2 Å². The van der Waals surface area contributed by atoms with E-state index >= 15 is 0 Å². The summed E-state index contributed by atoms with van der Waals surface area (Å²) in [5.41, 5.74) is -0.802. The van der Waals surface area contributed by atoms with Gasteiger partial charge in [-0.3, -0.25) is 14.5 Å². The molecular weight excluding hydrogens is 499 g/mol. The van der Waals surface area contributed by atoms with Crippen LogP contribution in [0.4, 0.5) is 18.9 Å². The van der Waals surface area contributed by atoms with Gasteiger partial charge in [0.1, 0.15) is 0 Å². The van der Waals surface area contributed by atoms with E-state index in [4.69, 9.17) is 21.1 Å². The average molecular weight is 518 g/mol. The normalized spacial score (nSPS) is 15.9. The number of amides is 1. The number of ether oxygens (including phenoxy) is 2. The minimum Gasteiger partial charge on any atom is -0.503 e. The van der Waals surface area contributed by atoms with Crippen LogP contribution in [0, 0.1) is 0 Å². The number of hydrogen-bond acceptors (Lipinski definition) is 5. The van der Waals surface area contributed by atoms with Gasteiger partial charge in [0, 0.05) is 17.3 Å². The fourth-order valence-corrected chi connectivity index (χ4v) is 4.26. The number of aliphatic hydroxyl groups is 1. The number of carbonyl (C=O) groups is 2. The third kappa shape index (κ3) is 4.37. The van der Waals surface area contributed by atoms with Crippen molar-refractivity contribution in [2.45, 2.75) is 12.2 Å². The van der Waals surface area contributed by atoms with E-state index in [0.717, 1.165) is 29.2 Å². The van der Waals surface area contributed by atoms with E-state index in [1.54, 1.807) is 12.1 Å². The first-order chi connectivity index (χ1) is 17.1. The Balaban J connectivity index is 1.90. The SMILES string of the molecule is COc1ccc(N2C(=O)C(O)=C(C(=O)c3ccccc3Cl)C2c2ccc(C(F)(F)F)cc2)cc1OC. The number of anilines is 1. The molecular formula is C26H19ClF3NO5. The van der Waals surface area contributed by atoms with Gasteiger partial charge in [-0.25, -0.2) is 0 Å². The second kappa shape index (κ2) is 9.58. The van der Waals surface area contributed by atoms with Crippen molar-refractivity contribution >= 4 is 29.0 Å². The van der Waals surface area contributed by atoms with Crippen LogP contribution in [0.1, 0.15) is 27.5 Å². The van der Waals surface area contributed by atoms with E-state index in [-0.39, 0.29) is 33.2 Å². The molecule has 0 radical (unpaired) electrons. The van der Waals surface area contributed by atoms with Crippen LogP contribution in [0.15, 0.2) is 78.1 Å². The minimum atomic E-state index is -4.58. The third-order valence-corrected chi connectivity index (χ3v) is 6.10. The summed E-state index contributed by atoms with van der Waals surface area (Å²) in [6.45, 7) is 0. The summed E-state index contributed by atoms with van der Waals surface area (Å²) in [4.78, 5) is 27.9. The fraction of sp³-hybridized carbons (Fsp3) is 0.154. The lowest BCUT2D eigenvalue weighted by Crippen LogP contribution is -2.31. The maximum absolute atomic E-state index is 13.5. The minimum absolute atomic E-state index is 0.0274. The van der Waals surface area contributed by atoms with E-state index in [2.05, 4.69) is 0 Å². The molecule has 1 amide bonds.